The lowest BCUT2D eigenvalue weighted by Gasteiger charge is -2.25. The highest BCUT2D eigenvalue weighted by atomic mass is 79.9. The van der Waals surface area contributed by atoms with Crippen molar-refractivity contribution in [1.82, 2.24) is 14.9 Å². The Balaban J connectivity index is 1.91. The van der Waals surface area contributed by atoms with Gasteiger partial charge in [-0.2, -0.15) is 11.8 Å². The lowest BCUT2D eigenvalue weighted by atomic mass is 10.4. The summed E-state index contributed by atoms with van der Waals surface area (Å²) < 4.78 is 32.8. The van der Waals surface area contributed by atoms with E-state index in [9.17, 15) is 8.42 Å². The van der Waals surface area contributed by atoms with Crippen LogP contribution in [0.1, 0.15) is 5.76 Å². The molecular weight excluding hydrogens is 378 g/mol. The number of nitrogens with one attached hydrogen (secondary N) is 2. The smallest absolute Gasteiger partial charge is 0.245 e. The van der Waals surface area contributed by atoms with Gasteiger partial charge in [0.25, 0.3) is 0 Å². The van der Waals surface area contributed by atoms with Gasteiger partial charge in [-0.3, -0.25) is 0 Å². The van der Waals surface area contributed by atoms with Gasteiger partial charge >= 0.3 is 0 Å². The fourth-order valence-corrected chi connectivity index (χ4v) is 5.08. The molecule has 0 amide bonds. The zero-order chi connectivity index (χ0) is 15.3. The van der Waals surface area contributed by atoms with Crippen molar-refractivity contribution >= 4 is 37.7 Å². The number of halogens is 1. The largest absolute Gasteiger partial charge is 0.452 e. The van der Waals surface area contributed by atoms with Crippen LogP contribution in [-0.2, 0) is 16.6 Å². The zero-order valence-corrected chi connectivity index (χ0v) is 15.1. The number of furan rings is 1. The maximum absolute atomic E-state index is 12.3. The summed E-state index contributed by atoms with van der Waals surface area (Å²) >= 11 is 5.10. The third-order valence-corrected chi connectivity index (χ3v) is 6.43. The molecule has 21 heavy (non-hydrogen) atoms. The van der Waals surface area contributed by atoms with Crippen LogP contribution < -0.4 is 10.0 Å². The Bertz CT molecular complexity index is 556. The Labute approximate surface area is 138 Å². The van der Waals surface area contributed by atoms with E-state index in [4.69, 9.17) is 4.42 Å². The fraction of sp³-hybridized carbons (Fsp3) is 0.667. The fourth-order valence-electron chi connectivity index (χ4n) is 2.08. The van der Waals surface area contributed by atoms with Gasteiger partial charge < -0.3 is 14.6 Å². The Hall–Kier alpha value is -0.0600. The van der Waals surface area contributed by atoms with E-state index in [1.165, 1.54) is 0 Å². The number of nitrogens with zero attached hydrogens (tertiary/aromatic N) is 1. The molecule has 0 spiro atoms. The summed E-state index contributed by atoms with van der Waals surface area (Å²) in [6.07, 6.45) is 0. The molecular formula is C12H20BrN3O3S2. The van der Waals surface area contributed by atoms with Gasteiger partial charge in [0.2, 0.25) is 10.0 Å². The summed E-state index contributed by atoms with van der Waals surface area (Å²) in [6, 6.07) is 1.54. The molecule has 2 rings (SSSR count). The second-order valence-corrected chi connectivity index (χ2v) is 8.41. The molecule has 2 heterocycles. The maximum Gasteiger partial charge on any atom is 0.245 e. The highest BCUT2D eigenvalue weighted by Crippen LogP contribution is 2.25. The van der Waals surface area contributed by atoms with E-state index < -0.39 is 10.0 Å². The van der Waals surface area contributed by atoms with Gasteiger partial charge in [0.1, 0.15) is 10.7 Å². The first-order chi connectivity index (χ1) is 10.0. The van der Waals surface area contributed by atoms with E-state index in [0.717, 1.165) is 31.1 Å². The van der Waals surface area contributed by atoms with Gasteiger partial charge in [-0.05, 0) is 23.0 Å². The van der Waals surface area contributed by atoms with E-state index in [2.05, 4.69) is 30.9 Å². The normalized spacial score (nSPS) is 17.2. The van der Waals surface area contributed by atoms with E-state index in [1.807, 2.05) is 11.8 Å². The highest BCUT2D eigenvalue weighted by molar-refractivity contribution is 9.10. The summed E-state index contributed by atoms with van der Waals surface area (Å²) in [4.78, 5) is 2.43. The van der Waals surface area contributed by atoms with E-state index in [1.54, 1.807) is 13.1 Å². The van der Waals surface area contributed by atoms with Crippen LogP contribution in [0.3, 0.4) is 0 Å². The molecule has 0 aliphatic carbocycles. The quantitative estimate of drug-likeness (QED) is 0.717. The van der Waals surface area contributed by atoms with Crippen molar-refractivity contribution in [3.63, 3.8) is 0 Å². The molecule has 0 radical (unpaired) electrons. The third-order valence-electron chi connectivity index (χ3n) is 3.17. The van der Waals surface area contributed by atoms with Gasteiger partial charge in [-0.1, -0.05) is 0 Å². The summed E-state index contributed by atoms with van der Waals surface area (Å²) in [6.45, 7) is 3.67. The lowest BCUT2D eigenvalue weighted by molar-refractivity contribution is 0.307. The van der Waals surface area contributed by atoms with Crippen molar-refractivity contribution in [2.75, 3.05) is 44.7 Å². The first kappa shape index (κ1) is 17.3. The monoisotopic (exact) mass is 397 g/mol. The first-order valence-electron chi connectivity index (χ1n) is 6.75. The van der Waals surface area contributed by atoms with Crippen molar-refractivity contribution in [2.24, 2.45) is 0 Å². The van der Waals surface area contributed by atoms with Crippen LogP contribution in [0.15, 0.2) is 20.0 Å². The Morgan fingerprint density at radius 2 is 2.14 bits per heavy atom. The predicted molar refractivity (Wildman–Crippen MR) is 88.1 cm³/mol. The van der Waals surface area contributed by atoms with E-state index in [-0.39, 0.29) is 9.56 Å². The van der Waals surface area contributed by atoms with Crippen molar-refractivity contribution < 1.29 is 12.8 Å². The maximum atomic E-state index is 12.3. The molecule has 120 valence electrons. The van der Waals surface area contributed by atoms with E-state index in [0.29, 0.717) is 18.8 Å². The van der Waals surface area contributed by atoms with E-state index >= 15 is 0 Å². The second-order valence-electron chi connectivity index (χ2n) is 4.73. The minimum absolute atomic E-state index is 0.155. The topological polar surface area (TPSA) is 74.6 Å². The van der Waals surface area contributed by atoms with Crippen LogP contribution >= 0.6 is 27.7 Å². The highest BCUT2D eigenvalue weighted by Gasteiger charge is 2.22. The molecule has 6 nitrogen and oxygen atoms in total. The molecule has 0 saturated carbocycles. The van der Waals surface area contributed by atoms with Crippen LogP contribution in [-0.4, -0.2) is 58.1 Å². The molecule has 0 atom stereocenters. The molecule has 9 heteroatoms. The molecule has 1 aromatic rings. The molecule has 1 fully saturated rings. The van der Waals surface area contributed by atoms with Crippen molar-refractivity contribution in [3.8, 4) is 0 Å². The average molecular weight is 398 g/mol. The molecule has 1 aliphatic heterocycles. The van der Waals surface area contributed by atoms with Crippen molar-refractivity contribution in [3.05, 3.63) is 16.5 Å². The van der Waals surface area contributed by atoms with Gasteiger partial charge in [-0.25, -0.2) is 13.1 Å². The number of rotatable bonds is 7. The van der Waals surface area contributed by atoms with Crippen molar-refractivity contribution in [2.45, 2.75) is 11.4 Å². The Morgan fingerprint density at radius 3 is 2.81 bits per heavy atom. The zero-order valence-electron chi connectivity index (χ0n) is 11.9. The molecule has 0 unspecified atom stereocenters. The van der Waals surface area contributed by atoms with Gasteiger partial charge in [0.05, 0.1) is 6.54 Å². The van der Waals surface area contributed by atoms with Crippen molar-refractivity contribution in [1.29, 1.82) is 0 Å². The predicted octanol–water partition coefficient (Wildman–Crippen LogP) is 1.09. The van der Waals surface area contributed by atoms with Gasteiger partial charge in [0.15, 0.2) is 4.67 Å². The average Bonchev–Trinajstić information content (AvgIpc) is 2.82. The standard InChI is InChI=1S/C12H20BrN3O3S2/c1-14-9-10-8-11(12(13)19-10)21(17,18)15-2-3-16-4-6-20-7-5-16/h8,14-15H,2-7,9H2,1H3. The number of sulfonamides is 1. The number of thioether (sulfide) groups is 1. The van der Waals surface area contributed by atoms with Gasteiger partial charge in [-0.15, -0.1) is 0 Å². The molecule has 0 aromatic carbocycles. The minimum atomic E-state index is -3.54. The minimum Gasteiger partial charge on any atom is -0.452 e. The molecule has 1 aromatic heterocycles. The number of hydrogen-bond acceptors (Lipinski definition) is 6. The lowest BCUT2D eigenvalue weighted by Crippen LogP contribution is -2.39. The first-order valence-corrected chi connectivity index (χ1v) is 10.2. The third kappa shape index (κ3) is 4.97. The second kappa shape index (κ2) is 7.98. The molecule has 2 N–H and O–H groups in total. The van der Waals surface area contributed by atoms with Gasteiger partial charge in [0, 0.05) is 43.8 Å². The SMILES string of the molecule is CNCc1cc(S(=O)(=O)NCCN2CCSCC2)c(Br)o1. The van der Waals surface area contributed by atoms with Crippen LogP contribution in [0.2, 0.25) is 0 Å². The molecule has 0 bridgehead atoms. The van der Waals surface area contributed by atoms with Crippen LogP contribution in [0.25, 0.3) is 0 Å². The van der Waals surface area contributed by atoms with Crippen LogP contribution in [0, 0.1) is 0 Å². The Kier molecular flexibility index (Phi) is 6.57. The summed E-state index contributed by atoms with van der Waals surface area (Å²) in [5, 5.41) is 2.92. The van der Waals surface area contributed by atoms with Crippen LogP contribution in [0.5, 0.6) is 0 Å². The summed E-state index contributed by atoms with van der Waals surface area (Å²) in [5.41, 5.74) is 0. The molecule has 1 saturated heterocycles. The summed E-state index contributed by atoms with van der Waals surface area (Å²) in [7, 11) is -1.76. The molecule has 1 aliphatic rings. The number of hydrogen-bond donors (Lipinski definition) is 2. The summed E-state index contributed by atoms with van der Waals surface area (Å²) in [5.74, 6) is 2.82. The Morgan fingerprint density at radius 1 is 1.43 bits per heavy atom. The van der Waals surface area contributed by atoms with Crippen LogP contribution in [0.4, 0.5) is 0 Å².